The number of hydrogen-bond donors (Lipinski definition) is 1. The molecule has 0 aromatic heterocycles. The van der Waals surface area contributed by atoms with E-state index in [9.17, 15) is 4.21 Å². The van der Waals surface area contributed by atoms with Crippen molar-refractivity contribution >= 4 is 10.8 Å². The van der Waals surface area contributed by atoms with E-state index in [1.807, 2.05) is 18.2 Å². The maximum absolute atomic E-state index is 12.0. The molecule has 0 amide bonds. The maximum Gasteiger partial charge on any atom is 0.161 e. The second-order valence-electron chi connectivity index (χ2n) is 5.01. The van der Waals surface area contributed by atoms with Crippen molar-refractivity contribution in [1.29, 1.82) is 0 Å². The van der Waals surface area contributed by atoms with E-state index in [-0.39, 0.29) is 6.04 Å². The van der Waals surface area contributed by atoms with Gasteiger partial charge in [0.1, 0.15) is 0 Å². The lowest BCUT2D eigenvalue weighted by Gasteiger charge is -2.16. The van der Waals surface area contributed by atoms with Crippen LogP contribution in [0.5, 0.6) is 11.5 Å². The Morgan fingerprint density at radius 2 is 1.85 bits per heavy atom. The van der Waals surface area contributed by atoms with Crippen LogP contribution in [-0.2, 0) is 10.8 Å². The van der Waals surface area contributed by atoms with Gasteiger partial charge in [0.2, 0.25) is 0 Å². The highest BCUT2D eigenvalue weighted by molar-refractivity contribution is 7.85. The minimum atomic E-state index is -0.893. The molecule has 1 rings (SSSR count). The number of ether oxygens (including phenoxy) is 2. The molecule has 0 heterocycles. The van der Waals surface area contributed by atoms with Crippen LogP contribution in [0.15, 0.2) is 18.2 Å². The fraction of sp³-hybridized carbons (Fsp3) is 0.600. The molecule has 0 spiro atoms. The van der Waals surface area contributed by atoms with Gasteiger partial charge >= 0.3 is 0 Å². The van der Waals surface area contributed by atoms with Gasteiger partial charge in [-0.2, -0.15) is 0 Å². The van der Waals surface area contributed by atoms with Crippen LogP contribution in [0.2, 0.25) is 0 Å². The summed E-state index contributed by atoms with van der Waals surface area (Å²) in [5.41, 5.74) is 7.06. The van der Waals surface area contributed by atoms with Crippen molar-refractivity contribution in [1.82, 2.24) is 0 Å². The zero-order chi connectivity index (χ0) is 15.1. The Morgan fingerprint density at radius 3 is 2.40 bits per heavy atom. The summed E-state index contributed by atoms with van der Waals surface area (Å²) in [6, 6.07) is 5.32. The van der Waals surface area contributed by atoms with Crippen LogP contribution in [0.1, 0.15) is 31.9 Å². The van der Waals surface area contributed by atoms with Crippen molar-refractivity contribution in [3.63, 3.8) is 0 Å². The molecule has 4 nitrogen and oxygen atoms in total. The first-order valence-corrected chi connectivity index (χ1v) is 8.33. The molecule has 0 aliphatic rings. The molecular formula is C15H25NO3S. The summed E-state index contributed by atoms with van der Waals surface area (Å²) in [5.74, 6) is 2.96. The summed E-state index contributed by atoms with van der Waals surface area (Å²) in [4.78, 5) is 0. The van der Waals surface area contributed by atoms with Gasteiger partial charge in [0.15, 0.2) is 11.5 Å². The lowest BCUT2D eigenvalue weighted by atomic mass is 10.1. The largest absolute Gasteiger partial charge is 0.493 e. The zero-order valence-electron chi connectivity index (χ0n) is 12.7. The fourth-order valence-electron chi connectivity index (χ4n) is 1.88. The van der Waals surface area contributed by atoms with Crippen molar-refractivity contribution in [2.75, 3.05) is 25.7 Å². The van der Waals surface area contributed by atoms with E-state index in [1.54, 1.807) is 14.2 Å². The number of benzene rings is 1. The van der Waals surface area contributed by atoms with E-state index >= 15 is 0 Å². The lowest BCUT2D eigenvalue weighted by Crippen LogP contribution is -2.21. The van der Waals surface area contributed by atoms with Crippen molar-refractivity contribution < 1.29 is 13.7 Å². The van der Waals surface area contributed by atoms with Crippen LogP contribution in [0.3, 0.4) is 0 Å². The van der Waals surface area contributed by atoms with Crippen LogP contribution in [0.4, 0.5) is 0 Å². The highest BCUT2D eigenvalue weighted by Crippen LogP contribution is 2.29. The quantitative estimate of drug-likeness (QED) is 0.801. The van der Waals surface area contributed by atoms with Crippen molar-refractivity contribution in [3.05, 3.63) is 23.8 Å². The first-order valence-electron chi connectivity index (χ1n) is 6.84. The normalized spacial score (nSPS) is 15.4. The second-order valence-corrected chi connectivity index (χ2v) is 6.55. The molecule has 0 saturated heterocycles. The van der Waals surface area contributed by atoms with Gasteiger partial charge in [-0.05, 0) is 23.6 Å². The molecule has 3 atom stereocenters. The Bertz CT molecular complexity index is 451. The first-order chi connectivity index (χ1) is 9.51. The molecule has 20 heavy (non-hydrogen) atoms. The van der Waals surface area contributed by atoms with Crippen LogP contribution in [-0.4, -0.2) is 29.9 Å². The highest BCUT2D eigenvalue weighted by Gasteiger charge is 2.15. The average molecular weight is 299 g/mol. The van der Waals surface area contributed by atoms with Crippen LogP contribution >= 0.6 is 0 Å². The number of hydrogen-bond acceptors (Lipinski definition) is 4. The number of methoxy groups -OCH3 is 2. The minimum Gasteiger partial charge on any atom is -0.493 e. The molecule has 0 saturated carbocycles. The van der Waals surface area contributed by atoms with Gasteiger partial charge in [0, 0.05) is 28.3 Å². The molecular weight excluding hydrogens is 274 g/mol. The molecule has 0 aliphatic carbocycles. The summed E-state index contributed by atoms with van der Waals surface area (Å²) in [6.07, 6.45) is 1.04. The van der Waals surface area contributed by atoms with Gasteiger partial charge in [0.25, 0.3) is 0 Å². The minimum absolute atomic E-state index is 0.250. The molecule has 5 heteroatoms. The second kappa shape index (κ2) is 8.27. The van der Waals surface area contributed by atoms with E-state index in [1.165, 1.54) is 0 Å². The first kappa shape index (κ1) is 17.0. The van der Waals surface area contributed by atoms with Gasteiger partial charge < -0.3 is 15.2 Å². The van der Waals surface area contributed by atoms with E-state index in [2.05, 4.69) is 13.8 Å². The Morgan fingerprint density at radius 1 is 1.20 bits per heavy atom. The smallest absolute Gasteiger partial charge is 0.161 e. The topological polar surface area (TPSA) is 61.6 Å². The molecule has 0 radical (unpaired) electrons. The Labute approximate surface area is 124 Å². The van der Waals surface area contributed by atoms with Gasteiger partial charge in [-0.3, -0.25) is 4.21 Å². The zero-order valence-corrected chi connectivity index (χ0v) is 13.5. The molecule has 1 aromatic rings. The molecule has 3 unspecified atom stereocenters. The summed E-state index contributed by atoms with van der Waals surface area (Å²) < 4.78 is 22.5. The summed E-state index contributed by atoms with van der Waals surface area (Å²) in [5, 5.41) is 0. The van der Waals surface area contributed by atoms with Crippen molar-refractivity contribution in [3.8, 4) is 11.5 Å². The average Bonchev–Trinajstić information content (AvgIpc) is 2.45. The van der Waals surface area contributed by atoms with Gasteiger partial charge in [-0.15, -0.1) is 0 Å². The van der Waals surface area contributed by atoms with Crippen LogP contribution < -0.4 is 15.2 Å². The molecule has 114 valence electrons. The molecule has 1 aromatic carbocycles. The lowest BCUT2D eigenvalue weighted by molar-refractivity contribution is 0.354. The molecule has 0 fully saturated rings. The third-order valence-electron chi connectivity index (χ3n) is 3.37. The maximum atomic E-state index is 12.0. The standard InChI is InChI=1S/C15H25NO3S/c1-5-11(2)9-20(17)10-13(16)12-6-7-14(18-3)15(8-12)19-4/h6-8,11,13H,5,9-10,16H2,1-4H3. The Balaban J connectivity index is 2.72. The van der Waals surface area contributed by atoms with Gasteiger partial charge in [0.05, 0.1) is 14.2 Å². The Kier molecular flexibility index (Phi) is 7.02. The SMILES string of the molecule is CCC(C)CS(=O)CC(N)c1ccc(OC)c(OC)c1. The predicted molar refractivity (Wildman–Crippen MR) is 83.8 cm³/mol. The number of rotatable bonds is 8. The highest BCUT2D eigenvalue weighted by atomic mass is 32.2. The van der Waals surface area contributed by atoms with E-state index in [4.69, 9.17) is 15.2 Å². The molecule has 0 bridgehead atoms. The monoisotopic (exact) mass is 299 g/mol. The summed E-state index contributed by atoms with van der Waals surface area (Å²) >= 11 is 0. The van der Waals surface area contributed by atoms with Crippen molar-refractivity contribution in [2.45, 2.75) is 26.3 Å². The van der Waals surface area contributed by atoms with Crippen LogP contribution in [0.25, 0.3) is 0 Å². The van der Waals surface area contributed by atoms with Crippen molar-refractivity contribution in [2.24, 2.45) is 11.7 Å². The fourth-order valence-corrected chi connectivity index (χ4v) is 3.48. The van der Waals surface area contributed by atoms with Crippen LogP contribution in [0, 0.1) is 5.92 Å². The third kappa shape index (κ3) is 4.80. The van der Waals surface area contributed by atoms with E-state index in [0.29, 0.717) is 28.9 Å². The predicted octanol–water partition coefficient (Wildman–Crippen LogP) is 2.50. The Hall–Kier alpha value is -1.07. The van der Waals surface area contributed by atoms with E-state index in [0.717, 1.165) is 12.0 Å². The van der Waals surface area contributed by atoms with E-state index < -0.39 is 10.8 Å². The number of nitrogens with two attached hydrogens (primary N) is 1. The molecule has 0 aliphatic heterocycles. The third-order valence-corrected chi connectivity index (χ3v) is 5.04. The van der Waals surface area contributed by atoms with Gasteiger partial charge in [-0.25, -0.2) is 0 Å². The summed E-state index contributed by atoms with van der Waals surface area (Å²) in [6.45, 7) is 4.22. The summed E-state index contributed by atoms with van der Waals surface area (Å²) in [7, 11) is 2.29. The molecule has 2 N–H and O–H groups in total. The van der Waals surface area contributed by atoms with Gasteiger partial charge in [-0.1, -0.05) is 26.3 Å².